The Morgan fingerprint density at radius 2 is 1.62 bits per heavy atom. The van der Waals surface area contributed by atoms with Gasteiger partial charge in [-0.1, -0.05) is 38.8 Å². The van der Waals surface area contributed by atoms with Crippen molar-refractivity contribution in [1.29, 1.82) is 0 Å². The van der Waals surface area contributed by atoms with Gasteiger partial charge in [0.25, 0.3) is 0 Å². The van der Waals surface area contributed by atoms with Crippen molar-refractivity contribution in [3.05, 3.63) is 72.3 Å². The molecule has 2 aromatic heterocycles. The lowest BCUT2D eigenvalue weighted by Gasteiger charge is -2.23. The highest BCUT2D eigenvalue weighted by atomic mass is 16.7. The summed E-state index contributed by atoms with van der Waals surface area (Å²) in [7, 11) is 0. The predicted octanol–water partition coefficient (Wildman–Crippen LogP) is 5.94. The number of hydrogen-bond donors (Lipinski definition) is 0. The molecule has 2 heterocycles. The lowest BCUT2D eigenvalue weighted by atomic mass is 9.92. The Morgan fingerprint density at radius 1 is 0.975 bits per heavy atom. The van der Waals surface area contributed by atoms with Crippen LogP contribution in [-0.4, -0.2) is 46.6 Å². The number of unbranched alkanes of at least 4 members (excludes halogenated alkanes) is 1. The monoisotopic (exact) mass is 554 g/mol. The van der Waals surface area contributed by atoms with Gasteiger partial charge >= 0.3 is 18.3 Å². The van der Waals surface area contributed by atoms with E-state index in [1.54, 1.807) is 49.1 Å². The standard InChI is InChI=1S/C30H38N2O8/c1-4-5-8-22(3)38-28(33)12-11-27(40-30(35)37-20-24-10-7-14-32-18-24)26-16-25(15-21(26)2)39-29(34)36-19-23-9-6-13-31-17-23/h6-7,9-14,17-18,21-22,25-27H,4-5,8,15-16,19-20H2,1-3H3/b12-11+/t21-,22+,25+,26-,27-/m1/s1. The van der Waals surface area contributed by atoms with Gasteiger partial charge in [0, 0.05) is 47.9 Å². The molecule has 3 rings (SSSR count). The fraction of sp³-hybridized carbons (Fsp3) is 0.500. The van der Waals surface area contributed by atoms with E-state index in [0.717, 1.165) is 24.8 Å². The smallest absolute Gasteiger partial charge is 0.460 e. The molecule has 0 spiro atoms. The van der Waals surface area contributed by atoms with Crippen LogP contribution in [0.1, 0.15) is 64.0 Å². The maximum absolute atomic E-state index is 12.6. The first-order chi connectivity index (χ1) is 19.3. The number of hydrogen-bond acceptors (Lipinski definition) is 10. The van der Waals surface area contributed by atoms with Crippen molar-refractivity contribution in [2.24, 2.45) is 11.8 Å². The second-order valence-corrected chi connectivity index (χ2v) is 9.98. The van der Waals surface area contributed by atoms with E-state index in [1.807, 2.05) is 13.8 Å². The maximum atomic E-state index is 12.6. The van der Waals surface area contributed by atoms with Crippen LogP contribution in [0.15, 0.2) is 61.2 Å². The van der Waals surface area contributed by atoms with Crippen molar-refractivity contribution in [2.45, 2.75) is 84.4 Å². The summed E-state index contributed by atoms with van der Waals surface area (Å²) in [5, 5.41) is 0. The molecule has 0 radical (unpaired) electrons. The van der Waals surface area contributed by atoms with E-state index in [2.05, 4.69) is 16.9 Å². The number of esters is 1. The zero-order valence-electron chi connectivity index (χ0n) is 23.3. The molecular formula is C30H38N2O8. The van der Waals surface area contributed by atoms with Crippen LogP contribution in [0.25, 0.3) is 0 Å². The molecule has 0 unspecified atom stereocenters. The van der Waals surface area contributed by atoms with E-state index >= 15 is 0 Å². The molecule has 0 aromatic carbocycles. The van der Waals surface area contributed by atoms with E-state index in [9.17, 15) is 14.4 Å². The number of aromatic nitrogens is 2. The summed E-state index contributed by atoms with van der Waals surface area (Å²) in [6.07, 6.45) is 9.84. The maximum Gasteiger partial charge on any atom is 0.509 e. The number of rotatable bonds is 13. The van der Waals surface area contributed by atoms with Gasteiger partial charge in [0.2, 0.25) is 0 Å². The summed E-state index contributed by atoms with van der Waals surface area (Å²) in [6.45, 7) is 5.94. The van der Waals surface area contributed by atoms with Crippen molar-refractivity contribution in [1.82, 2.24) is 9.97 Å². The Bertz CT molecular complexity index is 1100. The first-order valence-corrected chi connectivity index (χ1v) is 13.7. The molecule has 1 aliphatic carbocycles. The fourth-order valence-electron chi connectivity index (χ4n) is 4.57. The molecule has 40 heavy (non-hydrogen) atoms. The first kappa shape index (κ1) is 30.6. The van der Waals surface area contributed by atoms with Gasteiger partial charge in [-0.15, -0.1) is 0 Å². The number of carbonyl (C=O) groups excluding carboxylic acids is 3. The minimum absolute atomic E-state index is 0.00514. The number of pyridine rings is 2. The minimum atomic E-state index is -0.879. The van der Waals surface area contributed by atoms with E-state index in [1.165, 1.54) is 12.2 Å². The normalized spacial score (nSPS) is 19.9. The molecule has 1 saturated carbocycles. The second kappa shape index (κ2) is 16.2. The second-order valence-electron chi connectivity index (χ2n) is 9.98. The van der Waals surface area contributed by atoms with Crippen LogP contribution < -0.4 is 0 Å². The van der Waals surface area contributed by atoms with Gasteiger partial charge in [-0.25, -0.2) is 14.4 Å². The highest BCUT2D eigenvalue weighted by Gasteiger charge is 2.40. The molecule has 0 aliphatic heterocycles. The average Bonchev–Trinajstić information content (AvgIpc) is 3.32. The first-order valence-electron chi connectivity index (χ1n) is 13.7. The largest absolute Gasteiger partial charge is 0.509 e. The van der Waals surface area contributed by atoms with E-state index in [-0.39, 0.29) is 31.2 Å². The molecule has 10 nitrogen and oxygen atoms in total. The highest BCUT2D eigenvalue weighted by Crippen LogP contribution is 2.38. The van der Waals surface area contributed by atoms with E-state index in [4.69, 9.17) is 23.7 Å². The number of carbonyl (C=O) groups is 3. The Labute approximate surface area is 235 Å². The summed E-state index contributed by atoms with van der Waals surface area (Å²) >= 11 is 0. The van der Waals surface area contributed by atoms with Crippen molar-refractivity contribution in [2.75, 3.05) is 0 Å². The molecule has 2 aromatic rings. The Balaban J connectivity index is 1.60. The molecule has 0 amide bonds. The molecule has 0 bridgehead atoms. The van der Waals surface area contributed by atoms with Gasteiger partial charge in [-0.3, -0.25) is 9.97 Å². The van der Waals surface area contributed by atoms with Gasteiger partial charge in [0.05, 0.1) is 6.10 Å². The third kappa shape index (κ3) is 10.7. The highest BCUT2D eigenvalue weighted by molar-refractivity contribution is 5.82. The summed E-state index contributed by atoms with van der Waals surface area (Å²) in [6, 6.07) is 7.07. The Hall–Kier alpha value is -3.95. The summed E-state index contributed by atoms with van der Waals surface area (Å²) in [5.74, 6) is -0.738. The molecule has 216 valence electrons. The van der Waals surface area contributed by atoms with Crippen molar-refractivity contribution in [3.8, 4) is 0 Å². The molecule has 5 atom stereocenters. The van der Waals surface area contributed by atoms with Crippen LogP contribution in [0, 0.1) is 11.8 Å². The molecule has 1 fully saturated rings. The summed E-state index contributed by atoms with van der Waals surface area (Å²) in [4.78, 5) is 45.3. The van der Waals surface area contributed by atoms with Crippen LogP contribution in [-0.2, 0) is 41.7 Å². The topological polar surface area (TPSA) is 123 Å². The SMILES string of the molecule is CCCC[C@H](C)OC(=O)/C=C/[C@@H](OC(=O)OCc1cccnc1)[C@@H]1C[C@@H](OC(=O)OCc2cccnc2)C[C@H]1C. The lowest BCUT2D eigenvalue weighted by Crippen LogP contribution is -2.28. The zero-order chi connectivity index (χ0) is 28.7. The number of nitrogens with zero attached hydrogens (tertiary/aromatic N) is 2. The molecule has 0 saturated heterocycles. The quantitative estimate of drug-likeness (QED) is 0.167. The summed E-state index contributed by atoms with van der Waals surface area (Å²) < 4.78 is 27.1. The summed E-state index contributed by atoms with van der Waals surface area (Å²) in [5.41, 5.74) is 1.46. The van der Waals surface area contributed by atoms with Gasteiger partial charge in [0.15, 0.2) is 0 Å². The fourth-order valence-corrected chi connectivity index (χ4v) is 4.57. The van der Waals surface area contributed by atoms with Crippen molar-refractivity contribution >= 4 is 18.3 Å². The van der Waals surface area contributed by atoms with Crippen molar-refractivity contribution < 1.29 is 38.1 Å². The van der Waals surface area contributed by atoms with Crippen LogP contribution in [0.5, 0.6) is 0 Å². The third-order valence-electron chi connectivity index (χ3n) is 6.68. The van der Waals surface area contributed by atoms with Crippen LogP contribution in [0.4, 0.5) is 9.59 Å². The Morgan fingerprint density at radius 3 is 2.23 bits per heavy atom. The van der Waals surface area contributed by atoms with E-state index in [0.29, 0.717) is 18.4 Å². The van der Waals surface area contributed by atoms with Crippen LogP contribution >= 0.6 is 0 Å². The van der Waals surface area contributed by atoms with Crippen LogP contribution in [0.3, 0.4) is 0 Å². The predicted molar refractivity (Wildman–Crippen MR) is 145 cm³/mol. The van der Waals surface area contributed by atoms with E-state index < -0.39 is 30.5 Å². The number of ether oxygens (including phenoxy) is 5. The van der Waals surface area contributed by atoms with Gasteiger partial charge in [-0.05, 0) is 50.3 Å². The lowest BCUT2D eigenvalue weighted by molar-refractivity contribution is -0.142. The average molecular weight is 555 g/mol. The molecule has 10 heteroatoms. The van der Waals surface area contributed by atoms with Gasteiger partial charge in [0.1, 0.15) is 25.4 Å². The van der Waals surface area contributed by atoms with Gasteiger partial charge in [-0.2, -0.15) is 0 Å². The zero-order valence-corrected chi connectivity index (χ0v) is 23.3. The van der Waals surface area contributed by atoms with Crippen LogP contribution in [0.2, 0.25) is 0 Å². The molecular weight excluding hydrogens is 516 g/mol. The third-order valence-corrected chi connectivity index (χ3v) is 6.68. The molecule has 0 N–H and O–H groups in total. The van der Waals surface area contributed by atoms with Crippen molar-refractivity contribution in [3.63, 3.8) is 0 Å². The Kier molecular flexibility index (Phi) is 12.4. The molecule has 1 aliphatic rings. The van der Waals surface area contributed by atoms with Gasteiger partial charge < -0.3 is 23.7 Å². The minimum Gasteiger partial charge on any atom is -0.460 e.